The van der Waals surface area contributed by atoms with E-state index in [0.29, 0.717) is 0 Å². The number of aromatic hydroxyl groups is 1. The molecule has 294 valence electrons. The molecule has 10 aromatic rings. The lowest BCUT2D eigenvalue weighted by atomic mass is 9.86. The molecule has 3 heterocycles. The molecule has 0 aliphatic carbocycles. The van der Waals surface area contributed by atoms with Gasteiger partial charge in [-0.15, -0.1) is 0 Å². The lowest BCUT2D eigenvalue weighted by molar-refractivity contribution is 0.477. The molecule has 0 bridgehead atoms. The van der Waals surface area contributed by atoms with Crippen LogP contribution in [-0.4, -0.2) is 20.1 Å². The minimum absolute atomic E-state index is 0.202. The summed E-state index contributed by atoms with van der Waals surface area (Å²) in [6.07, 6.45) is 5.51. The molecule has 0 spiro atoms. The fourth-order valence-corrected chi connectivity index (χ4v) is 8.30. The molecule has 4 nitrogen and oxygen atoms in total. The van der Waals surface area contributed by atoms with Gasteiger partial charge in [-0.1, -0.05) is 146 Å². The van der Waals surface area contributed by atoms with E-state index in [0.717, 1.165) is 106 Å². The Bertz CT molecular complexity index is 3020. The Morgan fingerprint density at radius 2 is 0.677 bits per heavy atom. The molecule has 0 saturated carbocycles. The summed E-state index contributed by atoms with van der Waals surface area (Å²) in [5.41, 5.74) is 19.5. The fourth-order valence-electron chi connectivity index (χ4n) is 8.30. The Labute approximate surface area is 362 Å². The molecule has 0 aliphatic rings. The van der Waals surface area contributed by atoms with Crippen LogP contribution in [0.4, 0.5) is 0 Å². The van der Waals surface area contributed by atoms with Gasteiger partial charge in [0.2, 0.25) is 0 Å². The monoisotopic (exact) mass is 795 g/mol. The SMILES string of the molecule is Cc1ccc(-c2ccc(-c3ccccc3-c3cc(-c4ccccc4-c4ccc(-c5ccccn5)cc4)cc(-c4ccccc4-c4ccc(-c5ccccn5)cc4)c3)c(O)c2)nc1. The summed E-state index contributed by atoms with van der Waals surface area (Å²) in [4.78, 5) is 13.8. The van der Waals surface area contributed by atoms with Gasteiger partial charge in [-0.05, 0) is 134 Å². The van der Waals surface area contributed by atoms with Gasteiger partial charge in [-0.25, -0.2) is 0 Å². The van der Waals surface area contributed by atoms with Gasteiger partial charge in [0.1, 0.15) is 5.75 Å². The first kappa shape index (κ1) is 38.0. The number of aryl methyl sites for hydroxylation is 1. The predicted molar refractivity (Wildman–Crippen MR) is 255 cm³/mol. The van der Waals surface area contributed by atoms with E-state index in [1.54, 1.807) is 0 Å². The van der Waals surface area contributed by atoms with Crippen molar-refractivity contribution in [2.75, 3.05) is 0 Å². The van der Waals surface area contributed by atoms with Crippen LogP contribution in [0.25, 0.3) is 101 Å². The van der Waals surface area contributed by atoms with E-state index in [-0.39, 0.29) is 5.75 Å². The fraction of sp³-hybridized carbons (Fsp3) is 0.0172. The maximum atomic E-state index is 11.7. The molecule has 0 amide bonds. The lowest BCUT2D eigenvalue weighted by Gasteiger charge is -2.18. The highest BCUT2D eigenvalue weighted by atomic mass is 16.3. The van der Waals surface area contributed by atoms with E-state index in [1.807, 2.05) is 98.3 Å². The number of pyridine rings is 3. The van der Waals surface area contributed by atoms with Gasteiger partial charge in [0.15, 0.2) is 0 Å². The Kier molecular flexibility index (Phi) is 10.3. The van der Waals surface area contributed by atoms with Crippen LogP contribution in [0.15, 0.2) is 225 Å². The first-order valence-electron chi connectivity index (χ1n) is 20.8. The highest BCUT2D eigenvalue weighted by Crippen LogP contribution is 2.44. The summed E-state index contributed by atoms with van der Waals surface area (Å²) in [5.74, 6) is 0.202. The van der Waals surface area contributed by atoms with Gasteiger partial charge < -0.3 is 5.11 Å². The van der Waals surface area contributed by atoms with Crippen molar-refractivity contribution in [2.45, 2.75) is 6.92 Å². The zero-order valence-electron chi connectivity index (χ0n) is 34.2. The van der Waals surface area contributed by atoms with Crippen LogP contribution < -0.4 is 0 Å². The molecular weight excluding hydrogens is 755 g/mol. The van der Waals surface area contributed by atoms with Crippen LogP contribution in [0.2, 0.25) is 0 Å². The maximum Gasteiger partial charge on any atom is 0.124 e. The third kappa shape index (κ3) is 7.69. The molecule has 0 saturated heterocycles. The number of hydrogen-bond donors (Lipinski definition) is 1. The summed E-state index contributed by atoms with van der Waals surface area (Å²) in [5, 5.41) is 11.7. The zero-order valence-corrected chi connectivity index (χ0v) is 34.2. The minimum Gasteiger partial charge on any atom is -0.507 e. The normalized spacial score (nSPS) is 11.0. The second kappa shape index (κ2) is 16.8. The van der Waals surface area contributed by atoms with Crippen molar-refractivity contribution in [1.82, 2.24) is 15.0 Å². The van der Waals surface area contributed by atoms with Crippen molar-refractivity contribution in [2.24, 2.45) is 0 Å². The van der Waals surface area contributed by atoms with Crippen molar-refractivity contribution in [3.05, 3.63) is 230 Å². The van der Waals surface area contributed by atoms with E-state index in [4.69, 9.17) is 0 Å². The highest BCUT2D eigenvalue weighted by Gasteiger charge is 2.18. The smallest absolute Gasteiger partial charge is 0.124 e. The first-order chi connectivity index (χ1) is 30.6. The van der Waals surface area contributed by atoms with Crippen molar-refractivity contribution in [3.63, 3.8) is 0 Å². The highest BCUT2D eigenvalue weighted by molar-refractivity contribution is 5.95. The predicted octanol–water partition coefficient (Wildman–Crippen LogP) is 14.9. The average molecular weight is 796 g/mol. The standard InChI is InChI=1S/C58H41N3O/c1-39-20-31-57(61-38-39)44-29-30-54(58(62)37-44)53-17-7-6-16-52(53)47-35-45(50-14-4-2-12-48(50)40-21-25-42(26-22-40)55-18-8-10-32-59-55)34-46(36-47)51-15-5-3-13-49(51)41-23-27-43(28-24-41)56-19-9-11-33-60-56/h2-38,62H,1H3. The molecule has 0 unspecified atom stereocenters. The van der Waals surface area contributed by atoms with E-state index < -0.39 is 0 Å². The minimum atomic E-state index is 0.202. The largest absolute Gasteiger partial charge is 0.507 e. The third-order valence-electron chi connectivity index (χ3n) is 11.5. The Morgan fingerprint density at radius 3 is 1.10 bits per heavy atom. The molecule has 0 aliphatic heterocycles. The van der Waals surface area contributed by atoms with Crippen molar-refractivity contribution in [1.29, 1.82) is 0 Å². The van der Waals surface area contributed by atoms with E-state index in [1.165, 1.54) is 0 Å². The Morgan fingerprint density at radius 1 is 0.290 bits per heavy atom. The number of phenolic OH excluding ortho intramolecular Hbond substituents is 1. The van der Waals surface area contributed by atoms with Gasteiger partial charge >= 0.3 is 0 Å². The van der Waals surface area contributed by atoms with Crippen molar-refractivity contribution >= 4 is 0 Å². The first-order valence-corrected chi connectivity index (χ1v) is 20.8. The summed E-state index contributed by atoms with van der Waals surface area (Å²) in [6, 6.07) is 71.7. The maximum absolute atomic E-state index is 11.7. The average Bonchev–Trinajstić information content (AvgIpc) is 3.35. The molecule has 1 N–H and O–H groups in total. The van der Waals surface area contributed by atoms with Crippen LogP contribution in [0, 0.1) is 6.92 Å². The molecule has 4 heteroatoms. The van der Waals surface area contributed by atoms with Crippen LogP contribution in [0.1, 0.15) is 5.56 Å². The number of nitrogens with zero attached hydrogens (tertiary/aromatic N) is 3. The molecule has 0 fully saturated rings. The molecule has 62 heavy (non-hydrogen) atoms. The van der Waals surface area contributed by atoms with Crippen LogP contribution in [-0.2, 0) is 0 Å². The van der Waals surface area contributed by atoms with Gasteiger partial charge in [0, 0.05) is 40.8 Å². The Hall–Kier alpha value is -8.21. The van der Waals surface area contributed by atoms with Crippen LogP contribution in [0.5, 0.6) is 5.75 Å². The topological polar surface area (TPSA) is 58.9 Å². The molecular formula is C58H41N3O. The molecule has 7 aromatic carbocycles. The number of aromatic nitrogens is 3. The number of benzene rings is 7. The summed E-state index contributed by atoms with van der Waals surface area (Å²) in [7, 11) is 0. The lowest BCUT2D eigenvalue weighted by Crippen LogP contribution is -1.92. The molecule has 3 aromatic heterocycles. The van der Waals surface area contributed by atoms with Gasteiger partial charge in [0.25, 0.3) is 0 Å². The summed E-state index contributed by atoms with van der Waals surface area (Å²) < 4.78 is 0. The van der Waals surface area contributed by atoms with E-state index in [9.17, 15) is 5.11 Å². The van der Waals surface area contributed by atoms with Crippen molar-refractivity contribution < 1.29 is 5.11 Å². The van der Waals surface area contributed by atoms with Gasteiger partial charge in [0.05, 0.1) is 17.1 Å². The second-order valence-corrected chi connectivity index (χ2v) is 15.5. The zero-order chi connectivity index (χ0) is 41.8. The number of hydrogen-bond acceptors (Lipinski definition) is 4. The second-order valence-electron chi connectivity index (χ2n) is 15.5. The van der Waals surface area contributed by atoms with Gasteiger partial charge in [-0.3, -0.25) is 15.0 Å². The van der Waals surface area contributed by atoms with E-state index >= 15 is 0 Å². The number of phenols is 1. The number of rotatable bonds is 9. The molecule has 10 rings (SSSR count). The van der Waals surface area contributed by atoms with Crippen LogP contribution >= 0.6 is 0 Å². The van der Waals surface area contributed by atoms with E-state index in [2.05, 4.69) is 148 Å². The van der Waals surface area contributed by atoms with Gasteiger partial charge in [-0.2, -0.15) is 0 Å². The molecule has 0 radical (unpaired) electrons. The Balaban J connectivity index is 1.12. The quantitative estimate of drug-likeness (QED) is 0.158. The summed E-state index contributed by atoms with van der Waals surface area (Å²) in [6.45, 7) is 2.02. The van der Waals surface area contributed by atoms with Crippen LogP contribution in [0.3, 0.4) is 0 Å². The molecule has 0 atom stereocenters. The third-order valence-corrected chi connectivity index (χ3v) is 11.5. The van der Waals surface area contributed by atoms with Crippen molar-refractivity contribution in [3.8, 4) is 106 Å². The summed E-state index contributed by atoms with van der Waals surface area (Å²) >= 11 is 0.